The highest BCUT2D eigenvalue weighted by atomic mass is 15.0. The van der Waals surface area contributed by atoms with Gasteiger partial charge in [0.25, 0.3) is 0 Å². The minimum Gasteiger partial charge on any atom is -0.172 e. The lowest BCUT2D eigenvalue weighted by Gasteiger charge is -1.99. The second kappa shape index (κ2) is 3.35. The summed E-state index contributed by atoms with van der Waals surface area (Å²) in [5.74, 6) is 0. The van der Waals surface area contributed by atoms with E-state index in [1.54, 1.807) is 0 Å². The second-order valence-electron chi connectivity index (χ2n) is 2.89. The average molecular weight is 158 g/mol. The fraction of sp³-hybridized carbons (Fsp3) is 0.182. The number of nitrogens with zero attached hydrogens (tertiary/aromatic N) is 1. The van der Waals surface area contributed by atoms with Crippen molar-refractivity contribution in [3.05, 3.63) is 42.6 Å². The van der Waals surface area contributed by atoms with Crippen LogP contribution in [0.15, 0.2) is 42.6 Å². The highest BCUT2D eigenvalue weighted by Crippen LogP contribution is 2.12. The lowest BCUT2D eigenvalue weighted by Crippen LogP contribution is -2.01. The maximum Gasteiger partial charge on any atom is 0.210 e. The van der Waals surface area contributed by atoms with Gasteiger partial charge in [-0.05, 0) is 12.5 Å². The third kappa shape index (κ3) is 1.45. The summed E-state index contributed by atoms with van der Waals surface area (Å²) in [4.78, 5) is 0. The maximum absolute atomic E-state index is 2.22. The molecule has 1 aliphatic heterocycles. The van der Waals surface area contributed by atoms with Crippen LogP contribution in [0.4, 0.5) is 5.69 Å². The molecule has 0 saturated heterocycles. The van der Waals surface area contributed by atoms with E-state index in [1.165, 1.54) is 12.1 Å². The van der Waals surface area contributed by atoms with Gasteiger partial charge in [-0.25, -0.2) is 0 Å². The molecule has 0 amide bonds. The molecule has 1 aromatic rings. The van der Waals surface area contributed by atoms with Gasteiger partial charge in [-0.3, -0.25) is 0 Å². The molecule has 1 aromatic carbocycles. The van der Waals surface area contributed by atoms with Crippen molar-refractivity contribution in [3.8, 4) is 0 Å². The van der Waals surface area contributed by atoms with E-state index in [-0.39, 0.29) is 0 Å². The summed E-state index contributed by atoms with van der Waals surface area (Å²) in [7, 11) is 0. The van der Waals surface area contributed by atoms with Crippen molar-refractivity contribution in [2.45, 2.75) is 12.8 Å². The van der Waals surface area contributed by atoms with Crippen LogP contribution in [0, 0.1) is 0 Å². The Hall–Kier alpha value is -1.37. The van der Waals surface area contributed by atoms with Gasteiger partial charge in [0.05, 0.1) is 0 Å². The first kappa shape index (κ1) is 7.29. The molecule has 0 bridgehead atoms. The molecule has 0 aromatic heterocycles. The van der Waals surface area contributed by atoms with Gasteiger partial charge in [-0.15, -0.1) is 0 Å². The highest BCUT2D eigenvalue weighted by Gasteiger charge is 2.06. The molecular weight excluding hydrogens is 146 g/mol. The summed E-state index contributed by atoms with van der Waals surface area (Å²) in [6.45, 7) is 0. The molecule has 0 saturated carbocycles. The van der Waals surface area contributed by atoms with Crippen LogP contribution in [-0.2, 0) is 0 Å². The predicted octanol–water partition coefficient (Wildman–Crippen LogP) is 2.71. The van der Waals surface area contributed by atoms with E-state index in [2.05, 4.69) is 47.3 Å². The Bertz CT molecular complexity index is 309. The third-order valence-corrected chi connectivity index (χ3v) is 1.98. The first-order valence-electron chi connectivity index (χ1n) is 4.30. The standard InChI is InChI=1S/C11H12N/c1-3-7-11(8-4-1)12-9-5-2-6-10-12/h1,3-5,7-10H,2,6H2/q+1. The van der Waals surface area contributed by atoms with E-state index < -0.39 is 0 Å². The van der Waals surface area contributed by atoms with E-state index >= 15 is 0 Å². The van der Waals surface area contributed by atoms with Gasteiger partial charge in [0, 0.05) is 18.6 Å². The van der Waals surface area contributed by atoms with Crippen LogP contribution in [0.2, 0.25) is 0 Å². The van der Waals surface area contributed by atoms with Gasteiger partial charge in [0.15, 0.2) is 12.4 Å². The van der Waals surface area contributed by atoms with Crippen LogP contribution in [0.1, 0.15) is 12.8 Å². The summed E-state index contributed by atoms with van der Waals surface area (Å²) in [6, 6.07) is 10.4. The Labute approximate surface area is 72.7 Å². The van der Waals surface area contributed by atoms with Crippen LogP contribution in [0.5, 0.6) is 0 Å². The van der Waals surface area contributed by atoms with Gasteiger partial charge in [-0.2, -0.15) is 4.58 Å². The largest absolute Gasteiger partial charge is 0.210 e. The van der Waals surface area contributed by atoms with Crippen LogP contribution in [0.25, 0.3) is 0 Å². The normalized spacial score (nSPS) is 15.8. The van der Waals surface area contributed by atoms with Crippen molar-refractivity contribution in [1.82, 2.24) is 0 Å². The summed E-state index contributed by atoms with van der Waals surface area (Å²) in [6.07, 6.45) is 8.86. The third-order valence-electron chi connectivity index (χ3n) is 1.98. The number of benzene rings is 1. The summed E-state index contributed by atoms with van der Waals surface area (Å²) >= 11 is 0. The Morgan fingerprint density at radius 2 is 1.83 bits per heavy atom. The molecule has 1 heterocycles. The molecule has 1 nitrogen and oxygen atoms in total. The highest BCUT2D eigenvalue weighted by molar-refractivity contribution is 5.55. The summed E-state index contributed by atoms with van der Waals surface area (Å²) < 4.78 is 2.17. The van der Waals surface area contributed by atoms with Gasteiger partial charge >= 0.3 is 0 Å². The minimum absolute atomic E-state index is 1.14. The van der Waals surface area contributed by atoms with Crippen LogP contribution < -0.4 is 0 Å². The summed E-state index contributed by atoms with van der Waals surface area (Å²) in [5, 5.41) is 0. The molecule has 0 atom stereocenters. The van der Waals surface area contributed by atoms with Crippen molar-refractivity contribution >= 4 is 11.9 Å². The zero-order chi connectivity index (χ0) is 8.23. The number of allylic oxidation sites excluding steroid dienone is 1. The quantitative estimate of drug-likeness (QED) is 0.553. The average Bonchev–Trinajstić information content (AvgIpc) is 2.21. The maximum atomic E-state index is 2.22. The predicted molar refractivity (Wildman–Crippen MR) is 50.8 cm³/mol. The molecule has 0 aliphatic carbocycles. The van der Waals surface area contributed by atoms with Crippen molar-refractivity contribution < 1.29 is 4.58 Å². The van der Waals surface area contributed by atoms with E-state index in [4.69, 9.17) is 0 Å². The van der Waals surface area contributed by atoms with E-state index in [1.807, 2.05) is 6.07 Å². The van der Waals surface area contributed by atoms with Crippen molar-refractivity contribution in [2.75, 3.05) is 0 Å². The van der Waals surface area contributed by atoms with E-state index in [0.29, 0.717) is 0 Å². The number of hydrogen-bond donors (Lipinski definition) is 0. The lowest BCUT2D eigenvalue weighted by atomic mass is 10.2. The molecule has 1 heteroatoms. The minimum atomic E-state index is 1.14. The van der Waals surface area contributed by atoms with Gasteiger partial charge in [0.2, 0.25) is 5.69 Å². The Balaban J connectivity index is 2.31. The first-order valence-corrected chi connectivity index (χ1v) is 4.30. The molecule has 2 rings (SSSR count). The van der Waals surface area contributed by atoms with Crippen LogP contribution >= 0.6 is 0 Å². The number of para-hydroxylation sites is 1. The van der Waals surface area contributed by atoms with E-state index in [0.717, 1.165) is 6.42 Å². The van der Waals surface area contributed by atoms with Crippen molar-refractivity contribution in [2.24, 2.45) is 0 Å². The second-order valence-corrected chi connectivity index (χ2v) is 2.89. The van der Waals surface area contributed by atoms with Gasteiger partial charge in [-0.1, -0.05) is 18.2 Å². The molecule has 0 unspecified atom stereocenters. The SMILES string of the molecule is C1=C[N+](c2ccccc2)=CCC1. The van der Waals surface area contributed by atoms with Gasteiger partial charge < -0.3 is 0 Å². The Morgan fingerprint density at radius 1 is 1.00 bits per heavy atom. The topological polar surface area (TPSA) is 3.01 Å². The molecule has 1 aliphatic rings. The molecule has 12 heavy (non-hydrogen) atoms. The Kier molecular flexibility index (Phi) is 2.04. The monoisotopic (exact) mass is 158 g/mol. The zero-order valence-corrected chi connectivity index (χ0v) is 6.98. The smallest absolute Gasteiger partial charge is 0.172 e. The van der Waals surface area contributed by atoms with Crippen LogP contribution in [-0.4, -0.2) is 10.8 Å². The van der Waals surface area contributed by atoms with Gasteiger partial charge in [0.1, 0.15) is 0 Å². The van der Waals surface area contributed by atoms with Crippen molar-refractivity contribution in [1.29, 1.82) is 0 Å². The van der Waals surface area contributed by atoms with Crippen LogP contribution in [0.3, 0.4) is 0 Å². The zero-order valence-electron chi connectivity index (χ0n) is 6.98. The molecule has 0 N–H and O–H groups in total. The number of rotatable bonds is 1. The molecule has 0 radical (unpaired) electrons. The molecule has 60 valence electrons. The molecule has 0 fully saturated rings. The van der Waals surface area contributed by atoms with Crippen molar-refractivity contribution in [3.63, 3.8) is 0 Å². The summed E-state index contributed by atoms with van der Waals surface area (Å²) in [5.41, 5.74) is 1.24. The fourth-order valence-corrected chi connectivity index (χ4v) is 1.35. The van der Waals surface area contributed by atoms with E-state index in [9.17, 15) is 0 Å². The lowest BCUT2D eigenvalue weighted by molar-refractivity contribution is -0.358. The Morgan fingerprint density at radius 3 is 2.50 bits per heavy atom. The molecular formula is C11H12N+. The molecule has 0 spiro atoms. The fourth-order valence-electron chi connectivity index (χ4n) is 1.35. The first-order chi connectivity index (χ1) is 5.97. The number of hydrogen-bond acceptors (Lipinski definition) is 0.